The zero-order valence-corrected chi connectivity index (χ0v) is 10.4. The highest BCUT2D eigenvalue weighted by molar-refractivity contribution is 9.10. The van der Waals surface area contributed by atoms with Crippen LogP contribution in [0.2, 0.25) is 0 Å². The number of nitrogens with one attached hydrogen (secondary N) is 1. The molecule has 4 N–H and O–H groups in total. The highest BCUT2D eigenvalue weighted by atomic mass is 79.9. The minimum atomic E-state index is -4.29. The molecule has 8 heteroatoms. The van der Waals surface area contributed by atoms with E-state index in [4.69, 9.17) is 10.3 Å². The van der Waals surface area contributed by atoms with Gasteiger partial charge in [-0.25, -0.2) is 0 Å². The Morgan fingerprint density at radius 2 is 2.12 bits per heavy atom. The summed E-state index contributed by atoms with van der Waals surface area (Å²) in [5.74, 6) is -0.490. The maximum atomic E-state index is 10.7. The molecule has 16 heavy (non-hydrogen) atoms. The number of nitrogens with two attached hydrogens (primary N) is 1. The molecule has 0 aliphatic heterocycles. The Hall–Kier alpha value is -1.12. The van der Waals surface area contributed by atoms with E-state index in [1.807, 2.05) is 4.72 Å². The van der Waals surface area contributed by atoms with Crippen LogP contribution in [-0.2, 0) is 21.5 Å². The molecule has 1 rings (SSSR count). The van der Waals surface area contributed by atoms with Crippen molar-refractivity contribution in [3.8, 4) is 0 Å². The molecule has 1 amide bonds. The molecule has 0 atom stereocenters. The third kappa shape index (κ3) is 4.17. The van der Waals surface area contributed by atoms with Gasteiger partial charge in [-0.05, 0) is 17.7 Å². The summed E-state index contributed by atoms with van der Waals surface area (Å²) < 4.78 is 32.0. The van der Waals surface area contributed by atoms with Gasteiger partial charge in [0.1, 0.15) is 0 Å². The van der Waals surface area contributed by atoms with Crippen molar-refractivity contribution in [2.24, 2.45) is 5.73 Å². The first-order valence-electron chi connectivity index (χ1n) is 4.10. The monoisotopic (exact) mass is 308 g/mol. The second-order valence-corrected chi connectivity index (χ2v) is 5.04. The van der Waals surface area contributed by atoms with E-state index in [1.54, 1.807) is 0 Å². The number of carbonyl (C=O) groups is 1. The molecule has 0 aliphatic carbocycles. The zero-order chi connectivity index (χ0) is 12.3. The number of anilines is 1. The van der Waals surface area contributed by atoms with Gasteiger partial charge < -0.3 is 5.73 Å². The van der Waals surface area contributed by atoms with E-state index in [1.165, 1.54) is 18.2 Å². The van der Waals surface area contributed by atoms with Crippen LogP contribution in [0, 0.1) is 0 Å². The van der Waals surface area contributed by atoms with E-state index >= 15 is 0 Å². The fraction of sp³-hybridized carbons (Fsp3) is 0.125. The zero-order valence-electron chi connectivity index (χ0n) is 7.97. The summed E-state index contributed by atoms with van der Waals surface area (Å²) in [4.78, 5) is 10.7. The minimum absolute atomic E-state index is 0.0484. The maximum Gasteiger partial charge on any atom is 0.357 e. The van der Waals surface area contributed by atoms with Crippen molar-refractivity contribution in [2.45, 2.75) is 6.42 Å². The SMILES string of the molecule is NC(=O)Cc1ccc(NS(=O)(=O)O)cc1Br. The van der Waals surface area contributed by atoms with Crippen LogP contribution in [0.5, 0.6) is 0 Å². The molecule has 0 aliphatic rings. The predicted octanol–water partition coefficient (Wildman–Crippen LogP) is 0.692. The van der Waals surface area contributed by atoms with Gasteiger partial charge >= 0.3 is 10.3 Å². The average molecular weight is 309 g/mol. The summed E-state index contributed by atoms with van der Waals surface area (Å²) in [5, 5.41) is 0. The van der Waals surface area contributed by atoms with Gasteiger partial charge in [0.15, 0.2) is 0 Å². The Balaban J connectivity index is 2.95. The van der Waals surface area contributed by atoms with Crippen molar-refractivity contribution in [1.29, 1.82) is 0 Å². The number of rotatable bonds is 4. The molecule has 0 unspecified atom stereocenters. The number of amides is 1. The molecule has 0 bridgehead atoms. The maximum absolute atomic E-state index is 10.7. The second-order valence-electron chi connectivity index (χ2n) is 3.03. The first kappa shape index (κ1) is 12.9. The van der Waals surface area contributed by atoms with Gasteiger partial charge in [0.05, 0.1) is 12.1 Å². The van der Waals surface area contributed by atoms with Crippen LogP contribution < -0.4 is 10.5 Å². The Bertz CT molecular complexity index is 515. The molecule has 0 saturated carbocycles. The highest BCUT2D eigenvalue weighted by Gasteiger charge is 2.08. The summed E-state index contributed by atoms with van der Waals surface area (Å²) in [5.41, 5.74) is 5.84. The molecule has 1 aromatic carbocycles. The third-order valence-corrected chi connectivity index (χ3v) is 2.90. The first-order chi connectivity index (χ1) is 7.28. The van der Waals surface area contributed by atoms with Crippen molar-refractivity contribution in [1.82, 2.24) is 0 Å². The van der Waals surface area contributed by atoms with Crippen molar-refractivity contribution in [2.75, 3.05) is 4.72 Å². The topological polar surface area (TPSA) is 109 Å². The molecule has 88 valence electrons. The third-order valence-electron chi connectivity index (χ3n) is 1.66. The van der Waals surface area contributed by atoms with E-state index in [0.29, 0.717) is 10.0 Å². The van der Waals surface area contributed by atoms with Crippen LogP contribution in [-0.4, -0.2) is 18.9 Å². The molecule has 0 heterocycles. The van der Waals surface area contributed by atoms with Gasteiger partial charge in [-0.2, -0.15) is 8.42 Å². The van der Waals surface area contributed by atoms with Gasteiger partial charge in [-0.15, -0.1) is 0 Å². The van der Waals surface area contributed by atoms with Gasteiger partial charge in [-0.1, -0.05) is 22.0 Å². The van der Waals surface area contributed by atoms with Crippen LogP contribution in [0.1, 0.15) is 5.56 Å². The molecule has 0 aromatic heterocycles. The minimum Gasteiger partial charge on any atom is -0.369 e. The number of halogens is 1. The summed E-state index contributed by atoms with van der Waals surface area (Å²) in [6.07, 6.45) is 0.0484. The predicted molar refractivity (Wildman–Crippen MR) is 62.2 cm³/mol. The van der Waals surface area contributed by atoms with E-state index in [2.05, 4.69) is 15.9 Å². The van der Waals surface area contributed by atoms with Gasteiger partial charge in [-0.3, -0.25) is 14.1 Å². The first-order valence-corrected chi connectivity index (χ1v) is 6.33. The summed E-state index contributed by atoms with van der Waals surface area (Å²) in [7, 11) is -4.29. The van der Waals surface area contributed by atoms with Gasteiger partial charge in [0, 0.05) is 4.47 Å². The van der Waals surface area contributed by atoms with Crippen LogP contribution >= 0.6 is 15.9 Å². The molecule has 1 aromatic rings. The van der Waals surface area contributed by atoms with E-state index < -0.39 is 16.2 Å². The Labute approximate surface area is 101 Å². The Morgan fingerprint density at radius 3 is 2.56 bits per heavy atom. The summed E-state index contributed by atoms with van der Waals surface area (Å²) >= 11 is 3.16. The van der Waals surface area contributed by atoms with Crippen molar-refractivity contribution < 1.29 is 17.8 Å². The van der Waals surface area contributed by atoms with Crippen molar-refractivity contribution >= 4 is 37.8 Å². The van der Waals surface area contributed by atoms with E-state index in [0.717, 1.165) is 0 Å². The quantitative estimate of drug-likeness (QED) is 0.711. The number of hydrogen-bond donors (Lipinski definition) is 3. The van der Waals surface area contributed by atoms with Gasteiger partial charge in [0.25, 0.3) is 0 Å². The lowest BCUT2D eigenvalue weighted by Crippen LogP contribution is -2.14. The normalized spacial score (nSPS) is 11.1. The lowest BCUT2D eigenvalue weighted by molar-refractivity contribution is -0.117. The fourth-order valence-corrected chi connectivity index (χ4v) is 2.03. The molecule has 0 spiro atoms. The van der Waals surface area contributed by atoms with Crippen LogP contribution in [0.15, 0.2) is 22.7 Å². The molecule has 0 fully saturated rings. The molecule has 0 saturated heterocycles. The average Bonchev–Trinajstić information content (AvgIpc) is 2.06. The lowest BCUT2D eigenvalue weighted by Gasteiger charge is -2.06. The lowest BCUT2D eigenvalue weighted by atomic mass is 10.1. The fourth-order valence-electron chi connectivity index (χ4n) is 1.09. The number of benzene rings is 1. The molecular weight excluding hydrogens is 300 g/mol. The number of carbonyl (C=O) groups excluding carboxylic acids is 1. The Morgan fingerprint density at radius 1 is 1.50 bits per heavy atom. The van der Waals surface area contributed by atoms with Crippen molar-refractivity contribution in [3.63, 3.8) is 0 Å². The van der Waals surface area contributed by atoms with Crippen LogP contribution in [0.3, 0.4) is 0 Å². The molecular formula is C8H9BrN2O4S. The van der Waals surface area contributed by atoms with Crippen molar-refractivity contribution in [3.05, 3.63) is 28.2 Å². The molecule has 0 radical (unpaired) electrons. The Kier molecular flexibility index (Phi) is 3.89. The smallest absolute Gasteiger partial charge is 0.357 e. The largest absolute Gasteiger partial charge is 0.369 e. The van der Waals surface area contributed by atoms with E-state index in [9.17, 15) is 13.2 Å². The second kappa shape index (κ2) is 4.81. The summed E-state index contributed by atoms with van der Waals surface area (Å²) in [6, 6.07) is 4.37. The number of hydrogen-bond acceptors (Lipinski definition) is 3. The highest BCUT2D eigenvalue weighted by Crippen LogP contribution is 2.22. The summed E-state index contributed by atoms with van der Waals surface area (Å²) in [6.45, 7) is 0. The van der Waals surface area contributed by atoms with Crippen LogP contribution in [0.25, 0.3) is 0 Å². The standard InChI is InChI=1S/C8H9BrN2O4S/c9-7-4-6(11-16(13,14)15)2-1-5(7)3-8(10)12/h1-2,4,11H,3H2,(H2,10,12)(H,13,14,15). The van der Waals surface area contributed by atoms with Gasteiger partial charge in [0.2, 0.25) is 5.91 Å². The number of primary amides is 1. The molecule has 6 nitrogen and oxygen atoms in total. The van der Waals surface area contributed by atoms with Crippen LogP contribution in [0.4, 0.5) is 5.69 Å². The van der Waals surface area contributed by atoms with E-state index in [-0.39, 0.29) is 12.1 Å².